The summed E-state index contributed by atoms with van der Waals surface area (Å²) in [4.78, 5) is 0. The molecule has 3 heteroatoms. The zero-order valence-electron chi connectivity index (χ0n) is 11.1. The quantitative estimate of drug-likeness (QED) is 0.799. The molecule has 0 aromatic heterocycles. The number of hydrogen-bond acceptors (Lipinski definition) is 3. The Labute approximate surface area is 105 Å². The zero-order valence-corrected chi connectivity index (χ0v) is 11.1. The molecule has 0 spiro atoms. The number of rotatable bonds is 5. The van der Waals surface area contributed by atoms with Crippen molar-refractivity contribution in [2.24, 2.45) is 5.92 Å². The topological polar surface area (TPSA) is 30.5 Å². The van der Waals surface area contributed by atoms with E-state index >= 15 is 0 Å². The van der Waals surface area contributed by atoms with Crippen LogP contribution in [0.3, 0.4) is 0 Å². The summed E-state index contributed by atoms with van der Waals surface area (Å²) in [6, 6.07) is 0.452. The van der Waals surface area contributed by atoms with Crippen molar-refractivity contribution in [1.82, 2.24) is 5.32 Å². The minimum atomic E-state index is 0.368. The second kappa shape index (κ2) is 6.41. The summed E-state index contributed by atoms with van der Waals surface area (Å²) < 4.78 is 11.2. The van der Waals surface area contributed by atoms with Gasteiger partial charge in [-0.25, -0.2) is 0 Å². The van der Waals surface area contributed by atoms with Crippen LogP contribution in [0, 0.1) is 5.92 Å². The average Bonchev–Trinajstić information content (AvgIpc) is 2.78. The molecule has 1 N–H and O–H groups in total. The van der Waals surface area contributed by atoms with E-state index in [1.54, 1.807) is 0 Å². The second-order valence-electron chi connectivity index (χ2n) is 5.13. The van der Waals surface area contributed by atoms with Gasteiger partial charge in [-0.15, -0.1) is 0 Å². The minimum Gasteiger partial charge on any atom is -0.501 e. The van der Waals surface area contributed by atoms with E-state index in [1.165, 1.54) is 24.8 Å². The fourth-order valence-electron chi connectivity index (χ4n) is 2.86. The molecule has 17 heavy (non-hydrogen) atoms. The van der Waals surface area contributed by atoms with Gasteiger partial charge in [-0.05, 0) is 44.7 Å². The molecule has 2 rings (SSSR count). The van der Waals surface area contributed by atoms with Gasteiger partial charge in [0.05, 0.1) is 19.0 Å². The van der Waals surface area contributed by atoms with Crippen LogP contribution in [0.25, 0.3) is 0 Å². The number of nitrogens with one attached hydrogen (secondary N) is 1. The third-order valence-corrected chi connectivity index (χ3v) is 3.84. The molecule has 0 aromatic rings. The maximum Gasteiger partial charge on any atom is 0.0876 e. The number of ether oxygens (including phenoxy) is 2. The lowest BCUT2D eigenvalue weighted by atomic mass is 9.86. The predicted molar refractivity (Wildman–Crippen MR) is 68.9 cm³/mol. The van der Waals surface area contributed by atoms with Gasteiger partial charge in [0, 0.05) is 18.6 Å². The van der Waals surface area contributed by atoms with E-state index in [0.717, 1.165) is 26.2 Å². The van der Waals surface area contributed by atoms with Gasteiger partial charge in [0.25, 0.3) is 0 Å². The van der Waals surface area contributed by atoms with Crippen LogP contribution in [0.2, 0.25) is 0 Å². The van der Waals surface area contributed by atoms with Gasteiger partial charge in [-0.1, -0.05) is 6.92 Å². The fraction of sp³-hybridized carbons (Fsp3) is 0.857. The van der Waals surface area contributed by atoms with Crippen LogP contribution >= 0.6 is 0 Å². The van der Waals surface area contributed by atoms with E-state index in [9.17, 15) is 0 Å². The van der Waals surface area contributed by atoms with Gasteiger partial charge in [0.2, 0.25) is 0 Å². The second-order valence-corrected chi connectivity index (χ2v) is 5.13. The Balaban J connectivity index is 2.03. The van der Waals surface area contributed by atoms with Crippen molar-refractivity contribution in [1.29, 1.82) is 0 Å². The van der Waals surface area contributed by atoms with Crippen LogP contribution in [0.5, 0.6) is 0 Å². The summed E-state index contributed by atoms with van der Waals surface area (Å²) in [6.45, 7) is 7.27. The van der Waals surface area contributed by atoms with Crippen molar-refractivity contribution in [3.63, 3.8) is 0 Å². The first-order valence-electron chi connectivity index (χ1n) is 6.98. The summed E-state index contributed by atoms with van der Waals surface area (Å²) in [5.74, 6) is 0.606. The molecule has 2 heterocycles. The molecule has 0 saturated carbocycles. The van der Waals surface area contributed by atoms with Gasteiger partial charge in [-0.2, -0.15) is 0 Å². The van der Waals surface area contributed by atoms with Gasteiger partial charge >= 0.3 is 0 Å². The average molecular weight is 239 g/mol. The predicted octanol–water partition coefficient (Wildman–Crippen LogP) is 2.47. The SMILES string of the molecule is CCCNC(C1=COCCC1)C1CCOC1C. The monoisotopic (exact) mass is 239 g/mol. The molecule has 0 aromatic carbocycles. The molecule has 0 amide bonds. The Bertz CT molecular complexity index is 265. The van der Waals surface area contributed by atoms with E-state index in [4.69, 9.17) is 9.47 Å². The highest BCUT2D eigenvalue weighted by molar-refractivity contribution is 5.13. The van der Waals surface area contributed by atoms with E-state index in [1.807, 2.05) is 6.26 Å². The molecule has 0 aliphatic carbocycles. The van der Waals surface area contributed by atoms with E-state index in [-0.39, 0.29) is 0 Å². The van der Waals surface area contributed by atoms with Gasteiger partial charge in [0.1, 0.15) is 0 Å². The lowest BCUT2D eigenvalue weighted by Crippen LogP contribution is -2.41. The summed E-state index contributed by atoms with van der Waals surface area (Å²) in [7, 11) is 0. The van der Waals surface area contributed by atoms with Crippen LogP contribution in [0.15, 0.2) is 11.8 Å². The molecule has 0 radical (unpaired) electrons. The van der Waals surface area contributed by atoms with Crippen LogP contribution < -0.4 is 5.32 Å². The van der Waals surface area contributed by atoms with Gasteiger partial charge < -0.3 is 14.8 Å². The lowest BCUT2D eigenvalue weighted by Gasteiger charge is -2.30. The maximum absolute atomic E-state index is 5.71. The first-order chi connectivity index (χ1) is 8.33. The van der Waals surface area contributed by atoms with Crippen molar-refractivity contribution >= 4 is 0 Å². The fourth-order valence-corrected chi connectivity index (χ4v) is 2.86. The summed E-state index contributed by atoms with van der Waals surface area (Å²) >= 11 is 0. The Kier molecular flexibility index (Phi) is 4.86. The molecule has 3 nitrogen and oxygen atoms in total. The highest BCUT2D eigenvalue weighted by atomic mass is 16.5. The first-order valence-corrected chi connectivity index (χ1v) is 6.98. The molecule has 3 atom stereocenters. The van der Waals surface area contributed by atoms with Crippen LogP contribution in [-0.2, 0) is 9.47 Å². The van der Waals surface area contributed by atoms with Gasteiger partial charge in [0.15, 0.2) is 0 Å². The molecule has 1 saturated heterocycles. The van der Waals surface area contributed by atoms with E-state index < -0.39 is 0 Å². The largest absolute Gasteiger partial charge is 0.501 e. The molecule has 1 fully saturated rings. The van der Waals surface area contributed by atoms with Crippen molar-refractivity contribution in [3.05, 3.63) is 11.8 Å². The molecule has 0 bridgehead atoms. The first kappa shape index (κ1) is 12.9. The Morgan fingerprint density at radius 3 is 2.94 bits per heavy atom. The normalized spacial score (nSPS) is 30.8. The molecular formula is C14H25NO2. The van der Waals surface area contributed by atoms with Crippen molar-refractivity contribution in [2.75, 3.05) is 19.8 Å². The van der Waals surface area contributed by atoms with Gasteiger partial charge in [-0.3, -0.25) is 0 Å². The molecule has 2 aliphatic rings. The van der Waals surface area contributed by atoms with Crippen LogP contribution in [0.1, 0.15) is 39.5 Å². The highest BCUT2D eigenvalue weighted by Crippen LogP contribution is 2.30. The van der Waals surface area contributed by atoms with Crippen molar-refractivity contribution < 1.29 is 9.47 Å². The molecule has 98 valence electrons. The third kappa shape index (κ3) is 3.23. The Morgan fingerprint density at radius 1 is 1.47 bits per heavy atom. The van der Waals surface area contributed by atoms with Crippen molar-refractivity contribution in [3.8, 4) is 0 Å². The summed E-state index contributed by atoms with van der Waals surface area (Å²) in [5.41, 5.74) is 1.44. The Morgan fingerprint density at radius 2 is 2.35 bits per heavy atom. The van der Waals surface area contributed by atoms with Crippen molar-refractivity contribution in [2.45, 2.75) is 51.7 Å². The van der Waals surface area contributed by atoms with E-state index in [0.29, 0.717) is 18.1 Å². The molecule has 3 unspecified atom stereocenters. The highest BCUT2D eigenvalue weighted by Gasteiger charge is 2.34. The summed E-state index contributed by atoms with van der Waals surface area (Å²) in [6.07, 6.45) is 7.02. The third-order valence-electron chi connectivity index (χ3n) is 3.84. The summed E-state index contributed by atoms with van der Waals surface area (Å²) in [5, 5.41) is 3.68. The lowest BCUT2D eigenvalue weighted by molar-refractivity contribution is 0.0971. The zero-order chi connectivity index (χ0) is 12.1. The maximum atomic E-state index is 5.71. The molecular weight excluding hydrogens is 214 g/mol. The minimum absolute atomic E-state index is 0.368. The Hall–Kier alpha value is -0.540. The van der Waals surface area contributed by atoms with Crippen LogP contribution in [-0.4, -0.2) is 31.9 Å². The number of hydrogen-bond donors (Lipinski definition) is 1. The van der Waals surface area contributed by atoms with Crippen LogP contribution in [0.4, 0.5) is 0 Å². The standard InChI is InChI=1S/C14H25NO2/c1-3-7-15-14(12-5-4-8-16-10-12)13-6-9-17-11(13)2/h10-11,13-15H,3-9H2,1-2H3. The van der Waals surface area contributed by atoms with E-state index in [2.05, 4.69) is 19.2 Å². The smallest absolute Gasteiger partial charge is 0.0876 e. The molecule has 2 aliphatic heterocycles.